The van der Waals surface area contributed by atoms with Gasteiger partial charge in [0.25, 0.3) is 0 Å². The summed E-state index contributed by atoms with van der Waals surface area (Å²) in [6, 6.07) is 2.64. The summed E-state index contributed by atoms with van der Waals surface area (Å²) in [5.74, 6) is 0. The molecular formula is C17H27BrN2. The van der Waals surface area contributed by atoms with Gasteiger partial charge in [-0.1, -0.05) is 41.4 Å². The molecule has 0 fully saturated rings. The topological polar surface area (TPSA) is 16.1 Å². The summed E-state index contributed by atoms with van der Waals surface area (Å²) in [6.45, 7) is 13.3. The Hall–Kier alpha value is -0.670. The number of halogens is 1. The van der Waals surface area contributed by atoms with Crippen LogP contribution >= 0.6 is 15.9 Å². The molecule has 20 heavy (non-hydrogen) atoms. The Morgan fingerprint density at radius 3 is 2.70 bits per heavy atom. The van der Waals surface area contributed by atoms with E-state index in [1.165, 1.54) is 24.0 Å². The Morgan fingerprint density at radius 2 is 2.15 bits per heavy atom. The van der Waals surface area contributed by atoms with Crippen LogP contribution < -0.4 is 0 Å². The van der Waals surface area contributed by atoms with Crippen LogP contribution in [0.3, 0.4) is 0 Å². The second-order valence-electron chi connectivity index (χ2n) is 5.51. The summed E-state index contributed by atoms with van der Waals surface area (Å²) in [5, 5.41) is 0. The lowest BCUT2D eigenvalue weighted by molar-refractivity contribution is 0.222. The first-order valence-electron chi connectivity index (χ1n) is 7.51. The maximum atomic E-state index is 4.37. The maximum Gasteiger partial charge on any atom is 0.0456 e. The molecule has 1 aromatic rings. The van der Waals surface area contributed by atoms with Gasteiger partial charge < -0.3 is 0 Å². The van der Waals surface area contributed by atoms with Gasteiger partial charge in [-0.3, -0.25) is 9.88 Å². The maximum absolute atomic E-state index is 4.37. The van der Waals surface area contributed by atoms with Crippen molar-refractivity contribution < 1.29 is 0 Å². The Morgan fingerprint density at radius 1 is 1.45 bits per heavy atom. The SMILES string of the molecule is CCCN(C/C(C)=C/c1c(Br)ccnc1C)C(C)CC. The van der Waals surface area contributed by atoms with Crippen molar-refractivity contribution in [3.05, 3.63) is 33.6 Å². The number of aryl methyl sites for hydroxylation is 1. The van der Waals surface area contributed by atoms with Gasteiger partial charge in [0.1, 0.15) is 0 Å². The predicted molar refractivity (Wildman–Crippen MR) is 91.9 cm³/mol. The molecule has 0 amide bonds. The molecule has 0 N–H and O–H groups in total. The number of hydrogen-bond acceptors (Lipinski definition) is 2. The van der Waals surface area contributed by atoms with Crippen molar-refractivity contribution in [3.8, 4) is 0 Å². The Bertz CT molecular complexity index is 434. The highest BCUT2D eigenvalue weighted by molar-refractivity contribution is 9.10. The summed E-state index contributed by atoms with van der Waals surface area (Å²) in [7, 11) is 0. The predicted octanol–water partition coefficient (Wildman–Crippen LogP) is 5.07. The van der Waals surface area contributed by atoms with E-state index in [9.17, 15) is 0 Å². The molecule has 0 aliphatic heterocycles. The van der Waals surface area contributed by atoms with Gasteiger partial charge in [-0.2, -0.15) is 0 Å². The van der Waals surface area contributed by atoms with Gasteiger partial charge in [-0.15, -0.1) is 0 Å². The van der Waals surface area contributed by atoms with Crippen LogP contribution in [0.2, 0.25) is 0 Å². The minimum Gasteiger partial charge on any atom is -0.297 e. The number of pyridine rings is 1. The van der Waals surface area contributed by atoms with Gasteiger partial charge in [0.05, 0.1) is 0 Å². The van der Waals surface area contributed by atoms with E-state index < -0.39 is 0 Å². The van der Waals surface area contributed by atoms with Crippen LogP contribution in [-0.2, 0) is 0 Å². The van der Waals surface area contributed by atoms with Crippen LogP contribution in [0.15, 0.2) is 22.3 Å². The lowest BCUT2D eigenvalue weighted by atomic mass is 10.1. The molecule has 0 radical (unpaired) electrons. The Kier molecular flexibility index (Phi) is 7.46. The zero-order valence-corrected chi connectivity index (χ0v) is 15.0. The summed E-state index contributed by atoms with van der Waals surface area (Å²) in [4.78, 5) is 6.93. The van der Waals surface area contributed by atoms with Gasteiger partial charge >= 0.3 is 0 Å². The fourth-order valence-electron chi connectivity index (χ4n) is 2.33. The van der Waals surface area contributed by atoms with Crippen LogP contribution in [-0.4, -0.2) is 29.0 Å². The first kappa shape index (κ1) is 17.4. The largest absolute Gasteiger partial charge is 0.297 e. The molecule has 0 bridgehead atoms. The van der Waals surface area contributed by atoms with Gasteiger partial charge in [-0.25, -0.2) is 0 Å². The molecule has 0 saturated carbocycles. The third-order valence-electron chi connectivity index (χ3n) is 3.70. The van der Waals surface area contributed by atoms with Crippen molar-refractivity contribution in [1.29, 1.82) is 0 Å². The molecule has 0 aliphatic carbocycles. The van der Waals surface area contributed by atoms with Gasteiger partial charge in [0, 0.05) is 34.5 Å². The molecule has 0 aromatic carbocycles. The molecule has 1 heterocycles. The van der Waals surface area contributed by atoms with E-state index in [2.05, 4.69) is 66.5 Å². The highest BCUT2D eigenvalue weighted by Crippen LogP contribution is 2.22. The highest BCUT2D eigenvalue weighted by atomic mass is 79.9. The molecule has 0 spiro atoms. The number of rotatable bonds is 7. The summed E-state index contributed by atoms with van der Waals surface area (Å²) in [5.41, 5.74) is 3.66. The van der Waals surface area contributed by atoms with Crippen LogP contribution in [0, 0.1) is 6.92 Å². The summed E-state index contributed by atoms with van der Waals surface area (Å²) < 4.78 is 1.12. The average Bonchev–Trinajstić information content (AvgIpc) is 2.41. The monoisotopic (exact) mass is 338 g/mol. The molecule has 1 rings (SSSR count). The quantitative estimate of drug-likeness (QED) is 0.690. The normalized spacial score (nSPS) is 13.8. The first-order chi connectivity index (χ1) is 9.49. The molecule has 1 aromatic heterocycles. The van der Waals surface area contributed by atoms with Crippen molar-refractivity contribution >= 4 is 22.0 Å². The Labute approximate surface area is 132 Å². The fraction of sp³-hybridized carbons (Fsp3) is 0.588. The average molecular weight is 339 g/mol. The molecule has 112 valence electrons. The van der Waals surface area contributed by atoms with Crippen molar-refractivity contribution in [1.82, 2.24) is 9.88 Å². The van der Waals surface area contributed by atoms with Crippen LogP contribution in [0.1, 0.15) is 51.8 Å². The van der Waals surface area contributed by atoms with E-state index in [0.717, 1.165) is 23.3 Å². The molecule has 1 atom stereocenters. The molecule has 0 aliphatic rings. The molecule has 1 unspecified atom stereocenters. The summed E-state index contributed by atoms with van der Waals surface area (Å²) in [6.07, 6.45) is 6.50. The van der Waals surface area contributed by atoms with E-state index in [1.54, 1.807) is 0 Å². The lowest BCUT2D eigenvalue weighted by Crippen LogP contribution is -2.34. The van der Waals surface area contributed by atoms with Crippen molar-refractivity contribution in [2.75, 3.05) is 13.1 Å². The third-order valence-corrected chi connectivity index (χ3v) is 4.40. The fourth-order valence-corrected chi connectivity index (χ4v) is 2.85. The van der Waals surface area contributed by atoms with Crippen LogP contribution in [0.4, 0.5) is 0 Å². The minimum absolute atomic E-state index is 0.636. The Balaban J connectivity index is 2.87. The third kappa shape index (κ3) is 5.02. The number of nitrogens with zero attached hydrogens (tertiary/aromatic N) is 2. The summed E-state index contributed by atoms with van der Waals surface area (Å²) >= 11 is 3.62. The molecule has 2 nitrogen and oxygen atoms in total. The zero-order chi connectivity index (χ0) is 15.1. The molecular weight excluding hydrogens is 312 g/mol. The second kappa shape index (κ2) is 8.58. The second-order valence-corrected chi connectivity index (χ2v) is 6.36. The van der Waals surface area contributed by atoms with E-state index >= 15 is 0 Å². The van der Waals surface area contributed by atoms with E-state index in [0.29, 0.717) is 6.04 Å². The minimum atomic E-state index is 0.636. The van der Waals surface area contributed by atoms with Crippen molar-refractivity contribution in [2.24, 2.45) is 0 Å². The van der Waals surface area contributed by atoms with Gasteiger partial charge in [0.15, 0.2) is 0 Å². The van der Waals surface area contributed by atoms with Gasteiger partial charge in [0.2, 0.25) is 0 Å². The van der Waals surface area contributed by atoms with E-state index in [4.69, 9.17) is 0 Å². The first-order valence-corrected chi connectivity index (χ1v) is 8.31. The highest BCUT2D eigenvalue weighted by Gasteiger charge is 2.12. The smallest absolute Gasteiger partial charge is 0.0456 e. The van der Waals surface area contributed by atoms with E-state index in [-0.39, 0.29) is 0 Å². The van der Waals surface area contributed by atoms with Crippen molar-refractivity contribution in [3.63, 3.8) is 0 Å². The number of hydrogen-bond donors (Lipinski definition) is 0. The lowest BCUT2D eigenvalue weighted by Gasteiger charge is -2.28. The van der Waals surface area contributed by atoms with Crippen LogP contribution in [0.25, 0.3) is 6.08 Å². The molecule has 3 heteroatoms. The van der Waals surface area contributed by atoms with Crippen molar-refractivity contribution in [2.45, 2.75) is 53.5 Å². The van der Waals surface area contributed by atoms with E-state index in [1.807, 2.05) is 12.3 Å². The molecule has 0 saturated heterocycles. The van der Waals surface area contributed by atoms with Gasteiger partial charge in [-0.05, 0) is 46.2 Å². The zero-order valence-electron chi connectivity index (χ0n) is 13.4. The number of aromatic nitrogens is 1. The van der Waals surface area contributed by atoms with Crippen LogP contribution in [0.5, 0.6) is 0 Å². The standard InChI is InChI=1S/C17H27BrN2/c1-6-10-20(14(4)7-2)12-13(3)11-16-15(5)19-9-8-17(16)18/h8-9,11,14H,6-7,10,12H2,1-5H3/b13-11+.